The molecule has 0 N–H and O–H groups in total. The fraction of sp³-hybridized carbons (Fsp3) is 0.286. The van der Waals surface area contributed by atoms with E-state index in [2.05, 4.69) is 46.4 Å². The van der Waals surface area contributed by atoms with Gasteiger partial charge < -0.3 is 0 Å². The summed E-state index contributed by atoms with van der Waals surface area (Å²) in [5.74, 6) is 0.920. The van der Waals surface area contributed by atoms with Crippen molar-refractivity contribution in [1.29, 1.82) is 0 Å². The van der Waals surface area contributed by atoms with Crippen molar-refractivity contribution in [1.82, 2.24) is 9.97 Å². The maximum Gasteiger partial charge on any atom is 0.161 e. The quantitative estimate of drug-likeness (QED) is 0.487. The molecule has 0 unspecified atom stereocenters. The number of rotatable bonds is 2. The third-order valence-corrected chi connectivity index (χ3v) is 4.88. The van der Waals surface area contributed by atoms with Crippen LogP contribution in [0.1, 0.15) is 31.0 Å². The van der Waals surface area contributed by atoms with Gasteiger partial charge in [0.15, 0.2) is 5.82 Å². The Kier molecular flexibility index (Phi) is 4.69. The van der Waals surface area contributed by atoms with E-state index in [1.54, 1.807) is 0 Å². The summed E-state index contributed by atoms with van der Waals surface area (Å²) in [6, 6.07) is 5.80. The first-order valence-corrected chi connectivity index (χ1v) is 7.73. The van der Waals surface area contributed by atoms with Crippen molar-refractivity contribution in [2.24, 2.45) is 0 Å². The molecular formula is C14H13Cl2IN2. The summed E-state index contributed by atoms with van der Waals surface area (Å²) in [5.41, 5.74) is 2.88. The average molecular weight is 407 g/mol. The van der Waals surface area contributed by atoms with Gasteiger partial charge in [-0.25, -0.2) is 9.97 Å². The molecule has 0 saturated heterocycles. The van der Waals surface area contributed by atoms with E-state index in [0.29, 0.717) is 21.9 Å². The Morgan fingerprint density at radius 2 is 1.84 bits per heavy atom. The molecule has 0 aliphatic carbocycles. The van der Waals surface area contributed by atoms with E-state index < -0.39 is 0 Å². The fourth-order valence-electron chi connectivity index (χ4n) is 1.68. The maximum absolute atomic E-state index is 6.19. The summed E-state index contributed by atoms with van der Waals surface area (Å²) in [4.78, 5) is 8.96. The van der Waals surface area contributed by atoms with Crippen LogP contribution in [0.15, 0.2) is 18.2 Å². The third-order valence-electron chi connectivity index (χ3n) is 2.81. The Bertz CT molecular complexity index is 627. The summed E-state index contributed by atoms with van der Waals surface area (Å²) in [5, 5.41) is 1.20. The van der Waals surface area contributed by atoms with Gasteiger partial charge in [0, 0.05) is 10.6 Å². The molecule has 2 nitrogen and oxygen atoms in total. The zero-order valence-corrected chi connectivity index (χ0v) is 14.5. The van der Waals surface area contributed by atoms with E-state index in [9.17, 15) is 0 Å². The fourth-order valence-corrected chi connectivity index (χ4v) is 2.90. The number of hydrogen-bond donors (Lipinski definition) is 0. The number of aromatic nitrogens is 2. The van der Waals surface area contributed by atoms with Crippen molar-refractivity contribution in [3.8, 4) is 11.4 Å². The van der Waals surface area contributed by atoms with Gasteiger partial charge in [0.25, 0.3) is 0 Å². The second-order valence-corrected chi connectivity index (χ2v) is 6.50. The molecule has 0 spiro atoms. The zero-order chi connectivity index (χ0) is 14.2. The topological polar surface area (TPSA) is 25.8 Å². The Morgan fingerprint density at radius 1 is 1.16 bits per heavy atom. The van der Waals surface area contributed by atoms with Crippen LogP contribution in [-0.4, -0.2) is 9.97 Å². The van der Waals surface area contributed by atoms with Crippen molar-refractivity contribution in [2.75, 3.05) is 0 Å². The van der Waals surface area contributed by atoms with Crippen LogP contribution in [-0.2, 0) is 0 Å². The number of benzene rings is 1. The Labute approximate surface area is 136 Å². The highest BCUT2D eigenvalue weighted by Gasteiger charge is 2.15. The molecule has 1 heterocycles. The van der Waals surface area contributed by atoms with Gasteiger partial charge in [-0.15, -0.1) is 0 Å². The molecule has 0 aliphatic rings. The average Bonchev–Trinajstić information content (AvgIpc) is 2.35. The molecule has 100 valence electrons. The lowest BCUT2D eigenvalue weighted by Gasteiger charge is -2.11. The monoisotopic (exact) mass is 406 g/mol. The van der Waals surface area contributed by atoms with Crippen molar-refractivity contribution >= 4 is 45.8 Å². The molecule has 0 bridgehead atoms. The van der Waals surface area contributed by atoms with Crippen LogP contribution >= 0.6 is 45.8 Å². The van der Waals surface area contributed by atoms with Crippen molar-refractivity contribution in [3.05, 3.63) is 43.2 Å². The minimum absolute atomic E-state index is 0.298. The van der Waals surface area contributed by atoms with Crippen LogP contribution in [0.3, 0.4) is 0 Å². The lowest BCUT2D eigenvalue weighted by atomic mass is 10.1. The van der Waals surface area contributed by atoms with E-state index in [4.69, 9.17) is 23.2 Å². The molecule has 1 aromatic heterocycles. The van der Waals surface area contributed by atoms with Gasteiger partial charge in [-0.1, -0.05) is 49.2 Å². The van der Waals surface area contributed by atoms with E-state index in [0.717, 1.165) is 20.4 Å². The second-order valence-electron chi connectivity index (χ2n) is 4.66. The van der Waals surface area contributed by atoms with Crippen LogP contribution in [0.2, 0.25) is 10.2 Å². The van der Waals surface area contributed by atoms with E-state index >= 15 is 0 Å². The van der Waals surface area contributed by atoms with Gasteiger partial charge in [-0.3, -0.25) is 0 Å². The normalized spacial score (nSPS) is 11.1. The lowest BCUT2D eigenvalue weighted by Crippen LogP contribution is -2.02. The minimum Gasteiger partial charge on any atom is -0.232 e. The molecule has 0 aliphatic heterocycles. The first kappa shape index (κ1) is 15.0. The van der Waals surface area contributed by atoms with Gasteiger partial charge in [-0.05, 0) is 47.1 Å². The summed E-state index contributed by atoms with van der Waals surface area (Å²) in [7, 11) is 0. The standard InChI is InChI=1S/C14H13Cl2IN2/c1-7(2)12-11(17)13(16)19-14(18-12)9-5-4-8(3)10(15)6-9/h4-7H,1-3H3. The Balaban J connectivity index is 2.59. The minimum atomic E-state index is 0.298. The first-order valence-electron chi connectivity index (χ1n) is 5.89. The number of nitrogens with zero attached hydrogens (tertiary/aromatic N) is 2. The van der Waals surface area contributed by atoms with Gasteiger partial charge in [0.05, 0.1) is 9.26 Å². The van der Waals surface area contributed by atoms with Crippen LogP contribution < -0.4 is 0 Å². The van der Waals surface area contributed by atoms with Crippen molar-refractivity contribution in [3.63, 3.8) is 0 Å². The molecule has 0 saturated carbocycles. The molecule has 0 atom stereocenters. The van der Waals surface area contributed by atoms with E-state index in [1.807, 2.05) is 25.1 Å². The Hall–Kier alpha value is -0.390. The van der Waals surface area contributed by atoms with Crippen LogP contribution in [0.5, 0.6) is 0 Å². The zero-order valence-electron chi connectivity index (χ0n) is 10.8. The molecule has 0 fully saturated rings. The first-order chi connectivity index (χ1) is 8.90. The predicted molar refractivity (Wildman–Crippen MR) is 89.0 cm³/mol. The van der Waals surface area contributed by atoms with Crippen LogP contribution in [0.25, 0.3) is 11.4 Å². The molecule has 5 heteroatoms. The summed E-state index contributed by atoms with van der Waals surface area (Å²) >= 11 is 14.5. The third kappa shape index (κ3) is 3.20. The van der Waals surface area contributed by atoms with Crippen molar-refractivity contribution < 1.29 is 0 Å². The molecular weight excluding hydrogens is 394 g/mol. The maximum atomic E-state index is 6.19. The summed E-state index contributed by atoms with van der Waals surface area (Å²) in [6.45, 7) is 6.15. The van der Waals surface area contributed by atoms with E-state index in [1.165, 1.54) is 0 Å². The van der Waals surface area contributed by atoms with Gasteiger partial charge in [0.1, 0.15) is 5.15 Å². The van der Waals surface area contributed by atoms with Crippen molar-refractivity contribution in [2.45, 2.75) is 26.7 Å². The highest BCUT2D eigenvalue weighted by molar-refractivity contribution is 14.1. The van der Waals surface area contributed by atoms with Gasteiger partial charge in [0.2, 0.25) is 0 Å². The predicted octanol–water partition coefficient (Wildman–Crippen LogP) is 5.49. The largest absolute Gasteiger partial charge is 0.232 e. The molecule has 0 amide bonds. The molecule has 2 aromatic rings. The highest BCUT2D eigenvalue weighted by atomic mass is 127. The molecule has 19 heavy (non-hydrogen) atoms. The van der Waals surface area contributed by atoms with E-state index in [-0.39, 0.29) is 0 Å². The van der Waals surface area contributed by atoms with Crippen LogP contribution in [0, 0.1) is 10.5 Å². The number of hydrogen-bond acceptors (Lipinski definition) is 2. The second kappa shape index (κ2) is 5.94. The van der Waals surface area contributed by atoms with Crippen LogP contribution in [0.4, 0.5) is 0 Å². The summed E-state index contributed by atoms with van der Waals surface area (Å²) < 4.78 is 0.913. The number of aryl methyl sites for hydroxylation is 1. The van der Waals surface area contributed by atoms with Gasteiger partial charge in [-0.2, -0.15) is 0 Å². The highest BCUT2D eigenvalue weighted by Crippen LogP contribution is 2.29. The SMILES string of the molecule is Cc1ccc(-c2nc(Cl)c(I)c(C(C)C)n2)cc1Cl. The Morgan fingerprint density at radius 3 is 2.42 bits per heavy atom. The van der Waals surface area contributed by atoms with Gasteiger partial charge >= 0.3 is 0 Å². The smallest absolute Gasteiger partial charge is 0.161 e. The lowest BCUT2D eigenvalue weighted by molar-refractivity contribution is 0.808. The molecule has 0 radical (unpaired) electrons. The summed E-state index contributed by atoms with van der Waals surface area (Å²) in [6.07, 6.45) is 0. The molecule has 2 rings (SSSR count). The number of halogens is 3. The molecule has 1 aromatic carbocycles.